The van der Waals surface area contributed by atoms with Crippen LogP contribution in [0.25, 0.3) is 0 Å². The second-order valence-corrected chi connectivity index (χ2v) is 7.50. The molecule has 0 aliphatic heterocycles. The number of hydrogen-bond acceptors (Lipinski definition) is 5. The normalized spacial score (nSPS) is 11.6. The molecule has 33 heavy (non-hydrogen) atoms. The van der Waals surface area contributed by atoms with E-state index < -0.39 is 0 Å². The van der Waals surface area contributed by atoms with Crippen molar-refractivity contribution in [3.63, 3.8) is 0 Å². The Hall–Kier alpha value is -3.71. The third kappa shape index (κ3) is 6.40. The molecule has 1 atom stereocenters. The van der Waals surface area contributed by atoms with E-state index >= 15 is 0 Å². The maximum Gasteiger partial charge on any atom is 0.257 e. The smallest absolute Gasteiger partial charge is 0.257 e. The van der Waals surface area contributed by atoms with E-state index in [1.807, 2.05) is 24.3 Å². The van der Waals surface area contributed by atoms with E-state index in [9.17, 15) is 9.59 Å². The zero-order valence-electron chi connectivity index (χ0n) is 19.2. The van der Waals surface area contributed by atoms with Crippen molar-refractivity contribution in [3.8, 4) is 5.75 Å². The Morgan fingerprint density at radius 1 is 0.970 bits per heavy atom. The Kier molecular flexibility index (Phi) is 8.55. The Morgan fingerprint density at radius 2 is 1.73 bits per heavy atom. The number of methoxy groups -OCH3 is 1. The molecule has 0 saturated heterocycles. The highest BCUT2D eigenvalue weighted by atomic mass is 16.5. The number of hydrogen-bond donors (Lipinski definition) is 2. The number of pyridine rings is 1. The number of nitrogens with one attached hydrogen (secondary N) is 2. The van der Waals surface area contributed by atoms with Crippen LogP contribution in [0.2, 0.25) is 0 Å². The second-order valence-electron chi connectivity index (χ2n) is 7.50. The molecule has 0 aliphatic rings. The number of ether oxygens (including phenoxy) is 1. The number of likely N-dealkylation sites (N-methyl/N-ethyl adjacent to an activating group) is 1. The molecule has 3 aromatic rings. The minimum absolute atomic E-state index is 0.00696. The highest BCUT2D eigenvalue weighted by Gasteiger charge is 2.20. The second kappa shape index (κ2) is 11.8. The van der Waals surface area contributed by atoms with Gasteiger partial charge >= 0.3 is 0 Å². The molecule has 0 aliphatic carbocycles. The summed E-state index contributed by atoms with van der Waals surface area (Å²) >= 11 is 0. The van der Waals surface area contributed by atoms with E-state index in [1.165, 1.54) is 6.20 Å². The zero-order chi connectivity index (χ0) is 23.6. The molecule has 2 aromatic carbocycles. The molecule has 3 rings (SSSR count). The van der Waals surface area contributed by atoms with E-state index in [-0.39, 0.29) is 17.9 Å². The fourth-order valence-corrected chi connectivity index (χ4v) is 3.70. The molecular weight excluding hydrogens is 416 g/mol. The Labute approximate surface area is 194 Å². The summed E-state index contributed by atoms with van der Waals surface area (Å²) in [5.74, 6) is 0.306. The number of carbonyl (C=O) groups is 2. The van der Waals surface area contributed by atoms with Crippen LogP contribution in [0.15, 0.2) is 73.1 Å². The standard InChI is InChI=1S/C26H30N4O3/c1-4-30(5-2)24(19-9-7-13-23(16-19)33-3)18-28-25(31)20-10-6-12-22(15-20)29-26(32)21-11-8-14-27-17-21/h6-17,24H,4-5,18H2,1-3H3,(H,28,31)(H,29,32). The number of carbonyl (C=O) groups excluding carboxylic acids is 2. The van der Waals surface area contributed by atoms with Crippen LogP contribution >= 0.6 is 0 Å². The van der Waals surface area contributed by atoms with Gasteiger partial charge in [0, 0.05) is 30.2 Å². The van der Waals surface area contributed by atoms with Gasteiger partial charge in [-0.15, -0.1) is 0 Å². The fourth-order valence-electron chi connectivity index (χ4n) is 3.70. The first-order chi connectivity index (χ1) is 16.0. The van der Waals surface area contributed by atoms with Gasteiger partial charge in [-0.2, -0.15) is 0 Å². The van der Waals surface area contributed by atoms with Gasteiger partial charge in [0.15, 0.2) is 0 Å². The summed E-state index contributed by atoms with van der Waals surface area (Å²) in [5, 5.41) is 5.86. The number of nitrogens with zero attached hydrogens (tertiary/aromatic N) is 2. The lowest BCUT2D eigenvalue weighted by molar-refractivity contribution is 0.0933. The van der Waals surface area contributed by atoms with Crippen molar-refractivity contribution in [1.29, 1.82) is 0 Å². The number of benzene rings is 2. The molecule has 1 aromatic heterocycles. The summed E-state index contributed by atoms with van der Waals surface area (Å²) in [5.41, 5.74) is 2.55. The molecular formula is C26H30N4O3. The molecule has 1 heterocycles. The van der Waals surface area contributed by atoms with E-state index in [2.05, 4.69) is 34.4 Å². The molecule has 0 saturated carbocycles. The summed E-state index contributed by atoms with van der Waals surface area (Å²) in [7, 11) is 1.65. The number of rotatable bonds is 10. The van der Waals surface area contributed by atoms with Crippen molar-refractivity contribution in [2.24, 2.45) is 0 Å². The maximum atomic E-state index is 12.9. The van der Waals surface area contributed by atoms with Gasteiger partial charge in [0.1, 0.15) is 5.75 Å². The molecule has 0 bridgehead atoms. The molecule has 1 unspecified atom stereocenters. The lowest BCUT2D eigenvalue weighted by atomic mass is 10.0. The predicted octanol–water partition coefficient (Wildman–Crippen LogP) is 4.16. The van der Waals surface area contributed by atoms with Crippen molar-refractivity contribution in [3.05, 3.63) is 89.7 Å². The Morgan fingerprint density at radius 3 is 2.42 bits per heavy atom. The summed E-state index contributed by atoms with van der Waals surface area (Å²) < 4.78 is 5.38. The largest absolute Gasteiger partial charge is 0.497 e. The van der Waals surface area contributed by atoms with Gasteiger partial charge in [0.2, 0.25) is 0 Å². The van der Waals surface area contributed by atoms with Gasteiger partial charge in [0.25, 0.3) is 11.8 Å². The third-order valence-electron chi connectivity index (χ3n) is 5.49. The van der Waals surface area contributed by atoms with Gasteiger partial charge in [0.05, 0.1) is 18.7 Å². The first-order valence-electron chi connectivity index (χ1n) is 11.0. The topological polar surface area (TPSA) is 83.6 Å². The molecule has 0 spiro atoms. The SMILES string of the molecule is CCN(CC)C(CNC(=O)c1cccc(NC(=O)c2cccnc2)c1)c1cccc(OC)c1. The monoisotopic (exact) mass is 446 g/mol. The first kappa shape index (κ1) is 23.9. The number of aromatic nitrogens is 1. The van der Waals surface area contributed by atoms with Crippen LogP contribution in [-0.2, 0) is 0 Å². The summed E-state index contributed by atoms with van der Waals surface area (Å²) in [6.45, 7) is 6.36. The summed E-state index contributed by atoms with van der Waals surface area (Å²) in [6, 6.07) is 18.2. The highest BCUT2D eigenvalue weighted by molar-refractivity contribution is 6.04. The zero-order valence-corrected chi connectivity index (χ0v) is 19.2. The van der Waals surface area contributed by atoms with Gasteiger partial charge in [-0.3, -0.25) is 19.5 Å². The molecule has 2 N–H and O–H groups in total. The van der Waals surface area contributed by atoms with Crippen molar-refractivity contribution in [2.75, 3.05) is 32.1 Å². The molecule has 7 nitrogen and oxygen atoms in total. The lowest BCUT2D eigenvalue weighted by Gasteiger charge is -2.30. The third-order valence-corrected chi connectivity index (χ3v) is 5.49. The number of anilines is 1. The van der Waals surface area contributed by atoms with Gasteiger partial charge in [-0.1, -0.05) is 32.0 Å². The van der Waals surface area contributed by atoms with E-state index in [0.29, 0.717) is 23.4 Å². The summed E-state index contributed by atoms with van der Waals surface area (Å²) in [4.78, 5) is 31.6. The van der Waals surface area contributed by atoms with Crippen molar-refractivity contribution in [2.45, 2.75) is 19.9 Å². The van der Waals surface area contributed by atoms with Crippen LogP contribution in [0.1, 0.15) is 46.2 Å². The van der Waals surface area contributed by atoms with Crippen LogP contribution in [0.5, 0.6) is 5.75 Å². The average molecular weight is 447 g/mol. The van der Waals surface area contributed by atoms with Crippen LogP contribution in [0.3, 0.4) is 0 Å². The fraction of sp³-hybridized carbons (Fsp3) is 0.269. The molecule has 0 radical (unpaired) electrons. The minimum atomic E-state index is -0.278. The van der Waals surface area contributed by atoms with Crippen LogP contribution in [0.4, 0.5) is 5.69 Å². The molecule has 172 valence electrons. The summed E-state index contributed by atoms with van der Waals surface area (Å²) in [6.07, 6.45) is 3.11. The molecule has 0 fully saturated rings. The Balaban J connectivity index is 1.71. The minimum Gasteiger partial charge on any atom is -0.497 e. The Bertz CT molecular complexity index is 1070. The molecule has 7 heteroatoms. The van der Waals surface area contributed by atoms with Crippen LogP contribution < -0.4 is 15.4 Å². The highest BCUT2D eigenvalue weighted by Crippen LogP contribution is 2.24. The van der Waals surface area contributed by atoms with Crippen molar-refractivity contribution >= 4 is 17.5 Å². The predicted molar refractivity (Wildman–Crippen MR) is 130 cm³/mol. The van der Waals surface area contributed by atoms with Crippen molar-refractivity contribution in [1.82, 2.24) is 15.2 Å². The van der Waals surface area contributed by atoms with Crippen molar-refractivity contribution < 1.29 is 14.3 Å². The maximum absolute atomic E-state index is 12.9. The average Bonchev–Trinajstić information content (AvgIpc) is 2.87. The van der Waals surface area contributed by atoms with Crippen LogP contribution in [0, 0.1) is 0 Å². The number of amides is 2. The van der Waals surface area contributed by atoms with E-state index in [0.717, 1.165) is 24.4 Å². The van der Waals surface area contributed by atoms with Gasteiger partial charge in [-0.05, 0) is 61.1 Å². The van der Waals surface area contributed by atoms with E-state index in [4.69, 9.17) is 4.74 Å². The lowest BCUT2D eigenvalue weighted by Crippen LogP contribution is -2.38. The quantitative estimate of drug-likeness (QED) is 0.489. The molecule has 2 amide bonds. The van der Waals surface area contributed by atoms with Crippen LogP contribution in [-0.4, -0.2) is 48.4 Å². The van der Waals surface area contributed by atoms with Gasteiger partial charge < -0.3 is 15.4 Å². The first-order valence-corrected chi connectivity index (χ1v) is 11.0. The van der Waals surface area contributed by atoms with Gasteiger partial charge in [-0.25, -0.2) is 0 Å². The van der Waals surface area contributed by atoms with E-state index in [1.54, 1.807) is 49.7 Å².